The van der Waals surface area contributed by atoms with Crippen LogP contribution < -0.4 is 10.5 Å². The first-order valence-electron chi connectivity index (χ1n) is 8.75. The first-order valence-corrected chi connectivity index (χ1v) is 10.3. The maximum atomic E-state index is 12.9. The first-order chi connectivity index (χ1) is 12.0. The number of nitrogens with two attached hydrogens (primary N) is 1. The normalized spacial score (nSPS) is 20.3. The van der Waals surface area contributed by atoms with Crippen molar-refractivity contribution in [1.82, 2.24) is 10.2 Å². The molecule has 2 atom stereocenters. The van der Waals surface area contributed by atoms with Crippen LogP contribution in [0.3, 0.4) is 0 Å². The standard InChI is InChI=1S/C18H27N3O4S/c1-5-6-14-9-21(10-16(14)20-13(4)22)18(23)15-7-11(2)12(3)17(8-15)26(19,24)25/h7-8,14,16H,5-6,9-10H2,1-4H3,(H,20,22)(H2,19,24,25)/t14-,16-/m1/s1. The second kappa shape index (κ2) is 7.75. The summed E-state index contributed by atoms with van der Waals surface area (Å²) in [6.07, 6.45) is 1.87. The van der Waals surface area contributed by atoms with E-state index in [0.29, 0.717) is 29.8 Å². The number of carbonyl (C=O) groups excluding carboxylic acids is 2. The van der Waals surface area contributed by atoms with Gasteiger partial charge < -0.3 is 10.2 Å². The Balaban J connectivity index is 2.32. The van der Waals surface area contributed by atoms with Crippen molar-refractivity contribution >= 4 is 21.8 Å². The van der Waals surface area contributed by atoms with Crippen LogP contribution in [0, 0.1) is 19.8 Å². The Bertz CT molecular complexity index is 820. The van der Waals surface area contributed by atoms with Crippen LogP contribution in [-0.4, -0.2) is 44.3 Å². The quantitative estimate of drug-likeness (QED) is 0.802. The molecule has 0 radical (unpaired) electrons. The highest BCUT2D eigenvalue weighted by Gasteiger charge is 2.35. The lowest BCUT2D eigenvalue weighted by molar-refractivity contribution is -0.119. The largest absolute Gasteiger partial charge is 0.351 e. The molecular weight excluding hydrogens is 354 g/mol. The van der Waals surface area contributed by atoms with Crippen LogP contribution in [0.2, 0.25) is 0 Å². The summed E-state index contributed by atoms with van der Waals surface area (Å²) < 4.78 is 23.6. The molecule has 1 saturated heterocycles. The highest BCUT2D eigenvalue weighted by molar-refractivity contribution is 7.89. The summed E-state index contributed by atoms with van der Waals surface area (Å²) in [5, 5.41) is 8.21. The fourth-order valence-electron chi connectivity index (χ4n) is 3.55. The molecule has 0 aromatic heterocycles. The number of amides is 2. The lowest BCUT2D eigenvalue weighted by atomic mass is 9.98. The molecule has 2 amide bonds. The minimum atomic E-state index is -3.91. The number of hydrogen-bond acceptors (Lipinski definition) is 4. The van der Waals surface area contributed by atoms with Crippen molar-refractivity contribution in [3.8, 4) is 0 Å². The van der Waals surface area contributed by atoms with Crippen molar-refractivity contribution in [2.75, 3.05) is 13.1 Å². The van der Waals surface area contributed by atoms with E-state index < -0.39 is 10.0 Å². The first kappa shape index (κ1) is 20.4. The molecule has 7 nitrogen and oxygen atoms in total. The van der Waals surface area contributed by atoms with Gasteiger partial charge in [0.05, 0.1) is 10.9 Å². The topological polar surface area (TPSA) is 110 Å². The highest BCUT2D eigenvalue weighted by Crippen LogP contribution is 2.26. The van der Waals surface area contributed by atoms with Crippen molar-refractivity contribution in [3.63, 3.8) is 0 Å². The Hall–Kier alpha value is -1.93. The zero-order valence-corrected chi connectivity index (χ0v) is 16.5. The molecule has 2 rings (SSSR count). The lowest BCUT2D eigenvalue weighted by Crippen LogP contribution is -2.39. The number of likely N-dealkylation sites (tertiary alicyclic amines) is 1. The summed E-state index contributed by atoms with van der Waals surface area (Å²) in [5.74, 6) is -0.169. The number of nitrogens with one attached hydrogen (secondary N) is 1. The van der Waals surface area contributed by atoms with Crippen LogP contribution >= 0.6 is 0 Å². The number of rotatable bonds is 5. The second-order valence-corrected chi connectivity index (χ2v) is 8.56. The molecule has 0 aliphatic carbocycles. The van der Waals surface area contributed by atoms with Gasteiger partial charge in [0.1, 0.15) is 0 Å². The van der Waals surface area contributed by atoms with Gasteiger partial charge in [0.15, 0.2) is 0 Å². The molecule has 8 heteroatoms. The Morgan fingerprint density at radius 1 is 1.27 bits per heavy atom. The summed E-state index contributed by atoms with van der Waals surface area (Å²) >= 11 is 0. The smallest absolute Gasteiger partial charge is 0.253 e. The van der Waals surface area contributed by atoms with Crippen molar-refractivity contribution < 1.29 is 18.0 Å². The molecule has 1 aromatic rings. The molecule has 0 spiro atoms. The van der Waals surface area contributed by atoms with E-state index in [1.807, 2.05) is 0 Å². The fourth-order valence-corrected chi connectivity index (χ4v) is 4.43. The zero-order valence-electron chi connectivity index (χ0n) is 15.7. The maximum Gasteiger partial charge on any atom is 0.253 e. The Morgan fingerprint density at radius 3 is 2.46 bits per heavy atom. The van der Waals surface area contributed by atoms with Crippen LogP contribution in [0.25, 0.3) is 0 Å². The number of aryl methyl sites for hydroxylation is 1. The number of nitrogens with zero attached hydrogens (tertiary/aromatic N) is 1. The third-order valence-corrected chi connectivity index (χ3v) is 5.99. The van der Waals surface area contributed by atoms with E-state index in [4.69, 9.17) is 5.14 Å². The van der Waals surface area contributed by atoms with Gasteiger partial charge in [0.25, 0.3) is 5.91 Å². The highest BCUT2D eigenvalue weighted by atomic mass is 32.2. The van der Waals surface area contributed by atoms with E-state index in [2.05, 4.69) is 12.2 Å². The second-order valence-electron chi connectivity index (χ2n) is 7.03. The minimum Gasteiger partial charge on any atom is -0.351 e. The Kier molecular flexibility index (Phi) is 6.08. The number of carbonyl (C=O) groups is 2. The van der Waals surface area contributed by atoms with Crippen molar-refractivity contribution in [1.29, 1.82) is 0 Å². The number of sulfonamides is 1. The van der Waals surface area contributed by atoms with E-state index >= 15 is 0 Å². The number of hydrogen-bond donors (Lipinski definition) is 2. The average Bonchev–Trinajstić information content (AvgIpc) is 2.90. The molecule has 1 aliphatic heterocycles. The van der Waals surface area contributed by atoms with Gasteiger partial charge in [-0.25, -0.2) is 13.6 Å². The summed E-state index contributed by atoms with van der Waals surface area (Å²) in [7, 11) is -3.91. The minimum absolute atomic E-state index is 0.0245. The molecule has 0 bridgehead atoms. The molecular formula is C18H27N3O4S. The van der Waals surface area contributed by atoms with Crippen molar-refractivity contribution in [2.45, 2.75) is 51.5 Å². The molecule has 26 heavy (non-hydrogen) atoms. The van der Waals surface area contributed by atoms with E-state index in [9.17, 15) is 18.0 Å². The van der Waals surface area contributed by atoms with Gasteiger partial charge in [-0.3, -0.25) is 9.59 Å². The predicted molar refractivity (Wildman–Crippen MR) is 99.2 cm³/mol. The molecule has 1 heterocycles. The molecule has 1 aliphatic rings. The van der Waals surface area contributed by atoms with Crippen LogP contribution in [-0.2, 0) is 14.8 Å². The Morgan fingerprint density at radius 2 is 1.92 bits per heavy atom. The Labute approximate surface area is 155 Å². The van der Waals surface area contributed by atoms with Gasteiger partial charge in [0, 0.05) is 25.6 Å². The number of benzene rings is 1. The van der Waals surface area contributed by atoms with Gasteiger partial charge in [-0.05, 0) is 49.4 Å². The molecule has 1 fully saturated rings. The average molecular weight is 381 g/mol. The monoisotopic (exact) mass is 381 g/mol. The van der Waals surface area contributed by atoms with Gasteiger partial charge in [-0.15, -0.1) is 0 Å². The SMILES string of the molecule is CCC[C@@H]1CN(C(=O)c2cc(C)c(C)c(S(N)(=O)=O)c2)C[C@H]1NC(C)=O. The fraction of sp³-hybridized carbons (Fsp3) is 0.556. The summed E-state index contributed by atoms with van der Waals surface area (Å²) in [4.78, 5) is 26.0. The maximum absolute atomic E-state index is 12.9. The van der Waals surface area contributed by atoms with Crippen LogP contribution in [0.5, 0.6) is 0 Å². The zero-order chi connectivity index (χ0) is 19.6. The van der Waals surface area contributed by atoms with E-state index in [-0.39, 0.29) is 28.7 Å². The molecule has 1 aromatic carbocycles. The van der Waals surface area contributed by atoms with Gasteiger partial charge in [-0.2, -0.15) is 0 Å². The van der Waals surface area contributed by atoms with Crippen LogP contribution in [0.1, 0.15) is 48.2 Å². The van der Waals surface area contributed by atoms with Crippen molar-refractivity contribution in [2.24, 2.45) is 11.1 Å². The van der Waals surface area contributed by atoms with E-state index in [1.54, 1.807) is 24.8 Å². The van der Waals surface area contributed by atoms with Gasteiger partial charge in [-0.1, -0.05) is 13.3 Å². The van der Waals surface area contributed by atoms with Crippen molar-refractivity contribution in [3.05, 3.63) is 28.8 Å². The molecule has 144 valence electrons. The third kappa shape index (κ3) is 4.42. The van der Waals surface area contributed by atoms with E-state index in [0.717, 1.165) is 12.8 Å². The predicted octanol–water partition coefficient (Wildman–Crippen LogP) is 1.33. The summed E-state index contributed by atoms with van der Waals surface area (Å²) in [5.41, 5.74) is 1.55. The van der Waals surface area contributed by atoms with Crippen LogP contribution in [0.4, 0.5) is 0 Å². The molecule has 3 N–H and O–H groups in total. The van der Waals surface area contributed by atoms with Gasteiger partial charge in [0.2, 0.25) is 15.9 Å². The molecule has 0 saturated carbocycles. The third-order valence-electron chi connectivity index (χ3n) is 4.95. The summed E-state index contributed by atoms with van der Waals surface area (Å²) in [6, 6.07) is 2.95. The van der Waals surface area contributed by atoms with Crippen LogP contribution in [0.15, 0.2) is 17.0 Å². The summed E-state index contributed by atoms with van der Waals surface area (Å²) in [6.45, 7) is 7.91. The molecule has 0 unspecified atom stereocenters. The number of primary sulfonamides is 1. The van der Waals surface area contributed by atoms with Gasteiger partial charge >= 0.3 is 0 Å². The lowest BCUT2D eigenvalue weighted by Gasteiger charge is -2.18. The van der Waals surface area contributed by atoms with E-state index in [1.165, 1.54) is 13.0 Å².